The largest absolute Gasteiger partial charge is 0.452 e. The molecule has 0 saturated carbocycles. The highest BCUT2D eigenvalue weighted by Crippen LogP contribution is 2.31. The number of rotatable bonds is 8. The van der Waals surface area contributed by atoms with Gasteiger partial charge in [-0.1, -0.05) is 37.0 Å². The van der Waals surface area contributed by atoms with E-state index < -0.39 is 28.5 Å². The number of halogens is 2. The molecule has 1 N–H and O–H groups in total. The number of carbonyl (C=O) groups is 2. The molecular weight excluding hydrogens is 443 g/mol. The molecule has 2 rings (SSSR count). The molecule has 0 atom stereocenters. The van der Waals surface area contributed by atoms with Crippen LogP contribution in [-0.4, -0.2) is 64.1 Å². The fourth-order valence-electron chi connectivity index (χ4n) is 2.57. The van der Waals surface area contributed by atoms with E-state index >= 15 is 0 Å². The third-order valence-corrected chi connectivity index (χ3v) is 6.88. The zero-order valence-electron chi connectivity index (χ0n) is 16.2. The van der Waals surface area contributed by atoms with Crippen molar-refractivity contribution in [3.8, 4) is 0 Å². The van der Waals surface area contributed by atoms with Crippen molar-refractivity contribution in [1.29, 1.82) is 0 Å². The fraction of sp³-hybridized carbons (Fsp3) is 0.556. The molecule has 1 saturated heterocycles. The number of morpholine rings is 1. The zero-order chi connectivity index (χ0) is 21.6. The maximum Gasteiger partial charge on any atom is 0.340 e. The molecule has 1 fully saturated rings. The van der Waals surface area contributed by atoms with Crippen molar-refractivity contribution in [2.24, 2.45) is 5.92 Å². The molecule has 0 aliphatic carbocycles. The molecular formula is C18H24Cl2N2O6S. The van der Waals surface area contributed by atoms with E-state index in [4.69, 9.17) is 32.7 Å². The zero-order valence-corrected chi connectivity index (χ0v) is 18.6. The summed E-state index contributed by atoms with van der Waals surface area (Å²) in [6, 6.07) is 2.25. The van der Waals surface area contributed by atoms with Gasteiger partial charge in [0, 0.05) is 19.6 Å². The molecule has 1 aliphatic heterocycles. The van der Waals surface area contributed by atoms with Gasteiger partial charge in [0.15, 0.2) is 6.61 Å². The van der Waals surface area contributed by atoms with Gasteiger partial charge in [-0.2, -0.15) is 4.31 Å². The van der Waals surface area contributed by atoms with Crippen molar-refractivity contribution in [2.45, 2.75) is 25.2 Å². The van der Waals surface area contributed by atoms with Crippen LogP contribution in [0.2, 0.25) is 10.0 Å². The Labute approximate surface area is 180 Å². The van der Waals surface area contributed by atoms with Gasteiger partial charge in [0.1, 0.15) is 4.90 Å². The molecule has 0 spiro atoms. The first-order valence-electron chi connectivity index (χ1n) is 9.13. The summed E-state index contributed by atoms with van der Waals surface area (Å²) < 4.78 is 37.1. The van der Waals surface area contributed by atoms with Crippen LogP contribution in [0.15, 0.2) is 17.0 Å². The summed E-state index contributed by atoms with van der Waals surface area (Å²) >= 11 is 12.1. The minimum Gasteiger partial charge on any atom is -0.452 e. The smallest absolute Gasteiger partial charge is 0.340 e. The summed E-state index contributed by atoms with van der Waals surface area (Å²) in [4.78, 5) is 23.9. The number of hydrogen-bond donors (Lipinski definition) is 1. The Morgan fingerprint density at radius 2 is 1.86 bits per heavy atom. The van der Waals surface area contributed by atoms with Crippen LogP contribution in [0.5, 0.6) is 0 Å². The van der Waals surface area contributed by atoms with Gasteiger partial charge in [-0.25, -0.2) is 13.2 Å². The number of ether oxygens (including phenoxy) is 2. The van der Waals surface area contributed by atoms with E-state index in [0.717, 1.165) is 12.5 Å². The third-order valence-electron chi connectivity index (χ3n) is 4.21. The van der Waals surface area contributed by atoms with Gasteiger partial charge < -0.3 is 14.8 Å². The lowest BCUT2D eigenvalue weighted by molar-refractivity contribution is -0.124. The molecule has 1 heterocycles. The number of amides is 1. The molecule has 1 amide bonds. The van der Waals surface area contributed by atoms with Crippen LogP contribution >= 0.6 is 23.2 Å². The third kappa shape index (κ3) is 6.55. The molecule has 0 unspecified atom stereocenters. The van der Waals surface area contributed by atoms with Gasteiger partial charge >= 0.3 is 5.97 Å². The molecule has 0 aromatic heterocycles. The Morgan fingerprint density at radius 3 is 2.48 bits per heavy atom. The number of hydrogen-bond acceptors (Lipinski definition) is 6. The highest BCUT2D eigenvalue weighted by Gasteiger charge is 2.30. The minimum atomic E-state index is -3.94. The average molecular weight is 467 g/mol. The van der Waals surface area contributed by atoms with Gasteiger partial charge in [0.05, 0.1) is 28.8 Å². The first kappa shape index (κ1) is 23.9. The van der Waals surface area contributed by atoms with Crippen molar-refractivity contribution in [3.63, 3.8) is 0 Å². The quantitative estimate of drug-likeness (QED) is 0.589. The van der Waals surface area contributed by atoms with E-state index in [9.17, 15) is 18.0 Å². The minimum absolute atomic E-state index is 0.0684. The Hall–Kier alpha value is -1.39. The number of esters is 1. The molecule has 0 radical (unpaired) electrons. The molecule has 29 heavy (non-hydrogen) atoms. The predicted molar refractivity (Wildman–Crippen MR) is 109 cm³/mol. The first-order valence-corrected chi connectivity index (χ1v) is 11.3. The van der Waals surface area contributed by atoms with Crippen molar-refractivity contribution in [3.05, 3.63) is 27.7 Å². The molecule has 11 heteroatoms. The summed E-state index contributed by atoms with van der Waals surface area (Å²) in [7, 11) is -3.94. The maximum absolute atomic E-state index is 12.9. The highest BCUT2D eigenvalue weighted by molar-refractivity contribution is 7.89. The van der Waals surface area contributed by atoms with Crippen LogP contribution < -0.4 is 5.32 Å². The van der Waals surface area contributed by atoms with E-state index in [-0.39, 0.29) is 46.8 Å². The SMILES string of the molecule is CC(C)CCNC(=O)COC(=O)c1cc(S(=O)(=O)N2CCOCC2)c(Cl)cc1Cl. The topological polar surface area (TPSA) is 102 Å². The second-order valence-corrected chi connectivity index (χ2v) is 9.61. The normalized spacial score (nSPS) is 15.3. The Kier molecular flexibility index (Phi) is 8.72. The van der Waals surface area contributed by atoms with Crippen LogP contribution in [0.1, 0.15) is 30.6 Å². The van der Waals surface area contributed by atoms with Gasteiger partial charge in [0.2, 0.25) is 10.0 Å². The number of carbonyl (C=O) groups excluding carboxylic acids is 2. The Bertz CT molecular complexity index is 854. The molecule has 1 aromatic rings. The van der Waals surface area contributed by atoms with Gasteiger partial charge in [-0.05, 0) is 24.5 Å². The van der Waals surface area contributed by atoms with Crippen LogP contribution in [0.3, 0.4) is 0 Å². The van der Waals surface area contributed by atoms with Crippen LogP contribution in [-0.2, 0) is 24.3 Å². The molecule has 0 bridgehead atoms. The van der Waals surface area contributed by atoms with Crippen LogP contribution in [0, 0.1) is 5.92 Å². The van der Waals surface area contributed by atoms with Crippen molar-refractivity contribution in [1.82, 2.24) is 9.62 Å². The number of nitrogens with zero attached hydrogens (tertiary/aromatic N) is 1. The lowest BCUT2D eigenvalue weighted by Gasteiger charge is -2.26. The van der Waals surface area contributed by atoms with Crippen molar-refractivity contribution < 1.29 is 27.5 Å². The van der Waals surface area contributed by atoms with Crippen LogP contribution in [0.4, 0.5) is 0 Å². The first-order chi connectivity index (χ1) is 13.6. The summed E-state index contributed by atoms with van der Waals surface area (Å²) in [6.45, 7) is 4.92. The fourth-order valence-corrected chi connectivity index (χ4v) is 4.80. The van der Waals surface area contributed by atoms with Gasteiger partial charge in [-0.15, -0.1) is 0 Å². The maximum atomic E-state index is 12.9. The van der Waals surface area contributed by atoms with E-state index in [1.807, 2.05) is 13.8 Å². The lowest BCUT2D eigenvalue weighted by atomic mass is 10.1. The second kappa shape index (κ2) is 10.6. The lowest BCUT2D eigenvalue weighted by Crippen LogP contribution is -2.40. The van der Waals surface area contributed by atoms with E-state index in [2.05, 4.69) is 5.32 Å². The van der Waals surface area contributed by atoms with E-state index in [1.54, 1.807) is 0 Å². The van der Waals surface area contributed by atoms with Crippen LogP contribution in [0.25, 0.3) is 0 Å². The highest BCUT2D eigenvalue weighted by atomic mass is 35.5. The Morgan fingerprint density at radius 1 is 1.21 bits per heavy atom. The Balaban J connectivity index is 2.11. The summed E-state index contributed by atoms with van der Waals surface area (Å²) in [5.74, 6) is -0.938. The summed E-state index contributed by atoms with van der Waals surface area (Å²) in [6.07, 6.45) is 0.797. The van der Waals surface area contributed by atoms with Crippen molar-refractivity contribution in [2.75, 3.05) is 39.5 Å². The second-order valence-electron chi connectivity index (χ2n) is 6.89. The number of sulfonamides is 1. The summed E-state index contributed by atoms with van der Waals surface area (Å²) in [5, 5.41) is 2.46. The predicted octanol–water partition coefficient (Wildman–Crippen LogP) is 2.33. The van der Waals surface area contributed by atoms with E-state index in [1.165, 1.54) is 10.4 Å². The molecule has 1 aliphatic rings. The standard InChI is InChI=1S/C18H24Cl2N2O6S/c1-12(2)3-4-21-17(23)11-28-18(24)13-9-16(15(20)10-14(13)19)29(25,26)22-5-7-27-8-6-22/h9-10,12H,3-8,11H2,1-2H3,(H,21,23). The van der Waals surface area contributed by atoms with Gasteiger partial charge in [0.25, 0.3) is 5.91 Å². The number of benzene rings is 1. The average Bonchev–Trinajstić information content (AvgIpc) is 2.66. The molecule has 8 nitrogen and oxygen atoms in total. The molecule has 1 aromatic carbocycles. The van der Waals surface area contributed by atoms with Crippen molar-refractivity contribution >= 4 is 45.1 Å². The summed E-state index contributed by atoms with van der Waals surface area (Å²) in [5.41, 5.74) is -0.183. The van der Waals surface area contributed by atoms with Gasteiger partial charge in [-0.3, -0.25) is 4.79 Å². The molecule has 162 valence electrons. The number of nitrogens with one attached hydrogen (secondary N) is 1. The monoisotopic (exact) mass is 466 g/mol. The van der Waals surface area contributed by atoms with E-state index in [0.29, 0.717) is 12.5 Å².